The second-order valence-electron chi connectivity index (χ2n) is 7.92. The Bertz CT molecular complexity index is 1210. The number of benzene rings is 2. The summed E-state index contributed by atoms with van der Waals surface area (Å²) in [6.45, 7) is 0.873. The highest BCUT2D eigenvalue weighted by Crippen LogP contribution is 2.27. The third kappa shape index (κ3) is 4.23. The van der Waals surface area contributed by atoms with E-state index in [1.807, 2.05) is 41.2 Å². The number of nitrogens with zero attached hydrogens (tertiary/aromatic N) is 3. The quantitative estimate of drug-likeness (QED) is 0.505. The average Bonchev–Trinajstić information content (AvgIpc) is 3.25. The van der Waals surface area contributed by atoms with Crippen LogP contribution in [0.2, 0.25) is 0 Å². The van der Waals surface area contributed by atoms with Gasteiger partial charge in [0, 0.05) is 30.4 Å². The van der Waals surface area contributed by atoms with Crippen molar-refractivity contribution in [2.45, 2.75) is 25.3 Å². The van der Waals surface area contributed by atoms with Gasteiger partial charge in [-0.3, -0.25) is 4.98 Å². The summed E-state index contributed by atoms with van der Waals surface area (Å²) < 4.78 is 7.42. The first-order valence-corrected chi connectivity index (χ1v) is 10.8. The summed E-state index contributed by atoms with van der Waals surface area (Å²) in [5.41, 5.74) is 5.73. The number of ether oxygens (including phenoxy) is 1. The van der Waals surface area contributed by atoms with E-state index in [9.17, 15) is 0 Å². The zero-order valence-corrected chi connectivity index (χ0v) is 17.7. The molecule has 0 fully saturated rings. The molecule has 0 saturated carbocycles. The highest BCUT2D eigenvalue weighted by Gasteiger charge is 2.21. The minimum Gasteiger partial charge on any atom is -0.497 e. The van der Waals surface area contributed by atoms with Crippen LogP contribution in [0.3, 0.4) is 0 Å². The van der Waals surface area contributed by atoms with Gasteiger partial charge in [0.05, 0.1) is 24.0 Å². The molecular formula is C26H26N4O. The van der Waals surface area contributed by atoms with Crippen molar-refractivity contribution in [2.75, 3.05) is 13.7 Å². The Balaban J connectivity index is 1.30. The van der Waals surface area contributed by atoms with Gasteiger partial charge in [-0.1, -0.05) is 42.5 Å². The Morgan fingerprint density at radius 3 is 2.94 bits per heavy atom. The van der Waals surface area contributed by atoms with Gasteiger partial charge in [-0.2, -0.15) is 5.10 Å². The second-order valence-corrected chi connectivity index (χ2v) is 7.92. The molecule has 0 radical (unpaired) electrons. The first kappa shape index (κ1) is 19.5. The number of nitrogens with one attached hydrogen (secondary N) is 1. The minimum absolute atomic E-state index is 0.472. The lowest BCUT2D eigenvalue weighted by atomic mass is 9.93. The fraction of sp³-hybridized carbons (Fsp3) is 0.231. The maximum absolute atomic E-state index is 5.41. The number of hydrogen-bond donors (Lipinski definition) is 1. The number of methoxy groups -OCH3 is 1. The number of aromatic nitrogens is 3. The fourth-order valence-corrected chi connectivity index (χ4v) is 4.23. The van der Waals surface area contributed by atoms with Crippen molar-refractivity contribution in [1.29, 1.82) is 0 Å². The molecule has 0 saturated heterocycles. The van der Waals surface area contributed by atoms with E-state index in [-0.39, 0.29) is 0 Å². The summed E-state index contributed by atoms with van der Waals surface area (Å²) in [6.07, 6.45) is 11.5. The Morgan fingerprint density at radius 1 is 1.16 bits per heavy atom. The van der Waals surface area contributed by atoms with Crippen LogP contribution < -0.4 is 10.1 Å². The first-order chi connectivity index (χ1) is 15.3. The van der Waals surface area contributed by atoms with Crippen LogP contribution >= 0.6 is 0 Å². The molecule has 5 nitrogen and oxygen atoms in total. The molecule has 2 heterocycles. The van der Waals surface area contributed by atoms with Crippen molar-refractivity contribution in [2.24, 2.45) is 0 Å². The lowest BCUT2D eigenvalue weighted by Gasteiger charge is -2.21. The monoisotopic (exact) mass is 410 g/mol. The third-order valence-corrected chi connectivity index (χ3v) is 5.88. The van der Waals surface area contributed by atoms with Crippen molar-refractivity contribution in [1.82, 2.24) is 20.1 Å². The van der Waals surface area contributed by atoms with E-state index in [4.69, 9.17) is 9.84 Å². The molecule has 0 spiro atoms. The molecule has 1 N–H and O–H groups in total. The van der Waals surface area contributed by atoms with E-state index < -0.39 is 0 Å². The highest BCUT2D eigenvalue weighted by atomic mass is 16.5. The lowest BCUT2D eigenvalue weighted by Crippen LogP contribution is -2.34. The second kappa shape index (κ2) is 8.74. The van der Waals surface area contributed by atoms with Crippen LogP contribution in [0.4, 0.5) is 0 Å². The summed E-state index contributed by atoms with van der Waals surface area (Å²) in [4.78, 5) is 4.49. The smallest absolute Gasteiger partial charge is 0.119 e. The van der Waals surface area contributed by atoms with E-state index in [2.05, 4.69) is 52.9 Å². The Labute approximate surface area is 182 Å². The molecule has 1 aliphatic rings. The third-order valence-electron chi connectivity index (χ3n) is 5.88. The van der Waals surface area contributed by atoms with Crippen LogP contribution in [0.1, 0.15) is 23.2 Å². The predicted molar refractivity (Wildman–Crippen MR) is 125 cm³/mol. The number of fused-ring (bicyclic) bond motifs is 2. The van der Waals surface area contributed by atoms with Crippen LogP contribution in [0.15, 0.2) is 73.1 Å². The van der Waals surface area contributed by atoms with Crippen LogP contribution in [0.5, 0.6) is 5.75 Å². The van der Waals surface area contributed by atoms with Gasteiger partial charge in [0.1, 0.15) is 5.75 Å². The summed E-state index contributed by atoms with van der Waals surface area (Å²) in [6, 6.07) is 18.9. The van der Waals surface area contributed by atoms with E-state index in [0.29, 0.717) is 6.04 Å². The predicted octanol–water partition coefficient (Wildman–Crippen LogP) is 4.59. The largest absolute Gasteiger partial charge is 0.497 e. The Kier molecular flexibility index (Phi) is 5.50. The summed E-state index contributed by atoms with van der Waals surface area (Å²) in [5.74, 6) is 0.825. The summed E-state index contributed by atoms with van der Waals surface area (Å²) in [5, 5.41) is 9.62. The summed E-state index contributed by atoms with van der Waals surface area (Å²) >= 11 is 0. The van der Waals surface area contributed by atoms with Gasteiger partial charge >= 0.3 is 0 Å². The zero-order chi connectivity index (χ0) is 21.0. The molecule has 4 aromatic rings. The molecule has 156 valence electrons. The SMILES string of the molecule is COc1ccc2nccc(-n3cc4c(n3)CCC(NC/C=C/c3ccccc3)C4)c2c1. The molecule has 2 aromatic carbocycles. The van der Waals surface area contributed by atoms with Gasteiger partial charge in [-0.25, -0.2) is 4.68 Å². The van der Waals surface area contributed by atoms with Crippen LogP contribution in [-0.4, -0.2) is 34.5 Å². The zero-order valence-electron chi connectivity index (χ0n) is 17.7. The number of hydrogen-bond acceptors (Lipinski definition) is 4. The van der Waals surface area contributed by atoms with Gasteiger partial charge in [-0.05, 0) is 54.7 Å². The molecule has 1 aliphatic carbocycles. The Hall–Kier alpha value is -3.44. The van der Waals surface area contributed by atoms with Gasteiger partial charge in [-0.15, -0.1) is 0 Å². The lowest BCUT2D eigenvalue weighted by molar-refractivity contribution is 0.415. The molecule has 31 heavy (non-hydrogen) atoms. The first-order valence-electron chi connectivity index (χ1n) is 10.8. The van der Waals surface area contributed by atoms with Crippen molar-refractivity contribution in [3.8, 4) is 11.4 Å². The van der Waals surface area contributed by atoms with Crippen molar-refractivity contribution >= 4 is 17.0 Å². The fourth-order valence-electron chi connectivity index (χ4n) is 4.23. The standard InChI is InChI=1S/C26H26N4O/c1-31-22-10-12-25-23(17-22)26(13-15-28-25)30-18-20-16-21(9-11-24(20)29-30)27-14-5-8-19-6-3-2-4-7-19/h2-8,10,12-13,15,17-18,21,27H,9,11,14,16H2,1H3/b8-5+. The van der Waals surface area contributed by atoms with Crippen molar-refractivity contribution in [3.63, 3.8) is 0 Å². The molecule has 5 heteroatoms. The van der Waals surface area contributed by atoms with E-state index in [1.165, 1.54) is 16.8 Å². The van der Waals surface area contributed by atoms with Crippen molar-refractivity contribution in [3.05, 3.63) is 89.9 Å². The van der Waals surface area contributed by atoms with Crippen LogP contribution in [0, 0.1) is 0 Å². The topological polar surface area (TPSA) is 52.0 Å². The molecule has 0 amide bonds. The highest BCUT2D eigenvalue weighted by molar-refractivity contribution is 5.88. The maximum atomic E-state index is 5.41. The molecule has 1 unspecified atom stereocenters. The average molecular weight is 411 g/mol. The molecule has 0 bridgehead atoms. The van der Waals surface area contributed by atoms with E-state index >= 15 is 0 Å². The van der Waals surface area contributed by atoms with Crippen LogP contribution in [-0.2, 0) is 12.8 Å². The molecule has 2 aromatic heterocycles. The number of rotatable bonds is 6. The van der Waals surface area contributed by atoms with E-state index in [1.54, 1.807) is 7.11 Å². The minimum atomic E-state index is 0.472. The molecular weight excluding hydrogens is 384 g/mol. The summed E-state index contributed by atoms with van der Waals surface area (Å²) in [7, 11) is 1.69. The van der Waals surface area contributed by atoms with Gasteiger partial charge in [0.2, 0.25) is 0 Å². The van der Waals surface area contributed by atoms with Gasteiger partial charge < -0.3 is 10.1 Å². The number of pyridine rings is 1. The Morgan fingerprint density at radius 2 is 2.06 bits per heavy atom. The van der Waals surface area contributed by atoms with Gasteiger partial charge in [0.15, 0.2) is 0 Å². The van der Waals surface area contributed by atoms with Crippen LogP contribution in [0.25, 0.3) is 22.7 Å². The van der Waals surface area contributed by atoms with Crippen molar-refractivity contribution < 1.29 is 4.74 Å². The molecule has 1 atom stereocenters. The maximum Gasteiger partial charge on any atom is 0.119 e. The van der Waals surface area contributed by atoms with E-state index in [0.717, 1.165) is 48.1 Å². The number of aryl methyl sites for hydroxylation is 1. The normalized spacial score (nSPS) is 16.0. The van der Waals surface area contributed by atoms with Gasteiger partial charge in [0.25, 0.3) is 0 Å². The molecule has 0 aliphatic heterocycles. The molecule has 5 rings (SSSR count).